The standard InChI is InChI=1S/C18H20BrN3O/c19-16-3-1-2-15(14-16)4-5-18(23)22-12-10-21(11-13-22)17-6-8-20-9-7-17/h1-3,6-9,14H,4-5,10-13H2. The fourth-order valence-electron chi connectivity index (χ4n) is 2.87. The van der Waals surface area contributed by atoms with Crippen molar-refractivity contribution in [2.45, 2.75) is 12.8 Å². The van der Waals surface area contributed by atoms with Crippen molar-refractivity contribution >= 4 is 27.5 Å². The minimum Gasteiger partial charge on any atom is -0.368 e. The fraction of sp³-hybridized carbons (Fsp3) is 0.333. The molecule has 4 nitrogen and oxygen atoms in total. The first-order chi connectivity index (χ1) is 11.2. The number of benzene rings is 1. The van der Waals surface area contributed by atoms with Crippen molar-refractivity contribution in [3.8, 4) is 0 Å². The van der Waals surface area contributed by atoms with Crippen LogP contribution in [0.1, 0.15) is 12.0 Å². The van der Waals surface area contributed by atoms with Gasteiger partial charge < -0.3 is 9.80 Å². The Labute approximate surface area is 145 Å². The van der Waals surface area contributed by atoms with Gasteiger partial charge in [-0.25, -0.2) is 0 Å². The highest BCUT2D eigenvalue weighted by Crippen LogP contribution is 2.16. The lowest BCUT2D eigenvalue weighted by atomic mass is 10.1. The number of nitrogens with zero attached hydrogens (tertiary/aromatic N) is 3. The molecule has 23 heavy (non-hydrogen) atoms. The van der Waals surface area contributed by atoms with E-state index in [2.05, 4.69) is 37.9 Å². The van der Waals surface area contributed by atoms with Crippen LogP contribution in [0.2, 0.25) is 0 Å². The summed E-state index contributed by atoms with van der Waals surface area (Å²) in [6.45, 7) is 3.35. The molecule has 120 valence electrons. The van der Waals surface area contributed by atoms with Gasteiger partial charge in [0.1, 0.15) is 0 Å². The Balaban J connectivity index is 1.48. The van der Waals surface area contributed by atoms with Crippen molar-refractivity contribution in [1.82, 2.24) is 9.88 Å². The predicted octanol–water partition coefficient (Wildman–Crippen LogP) is 3.13. The molecule has 0 atom stereocenters. The second-order valence-corrected chi connectivity index (χ2v) is 6.62. The summed E-state index contributed by atoms with van der Waals surface area (Å²) in [5.74, 6) is 0.249. The Kier molecular flexibility index (Phi) is 5.28. The number of amides is 1. The van der Waals surface area contributed by atoms with Crippen molar-refractivity contribution in [2.24, 2.45) is 0 Å². The second kappa shape index (κ2) is 7.59. The van der Waals surface area contributed by atoms with Gasteiger partial charge in [-0.15, -0.1) is 0 Å². The smallest absolute Gasteiger partial charge is 0.223 e. The average Bonchev–Trinajstić information content (AvgIpc) is 2.61. The van der Waals surface area contributed by atoms with Gasteiger partial charge in [-0.1, -0.05) is 28.1 Å². The van der Waals surface area contributed by atoms with Gasteiger partial charge >= 0.3 is 0 Å². The minimum absolute atomic E-state index is 0.249. The number of piperazine rings is 1. The number of carbonyl (C=O) groups excluding carboxylic acids is 1. The van der Waals surface area contributed by atoms with Crippen molar-refractivity contribution in [3.63, 3.8) is 0 Å². The van der Waals surface area contributed by atoms with Crippen molar-refractivity contribution < 1.29 is 4.79 Å². The van der Waals surface area contributed by atoms with Gasteiger partial charge in [0, 0.05) is 55.2 Å². The number of halogens is 1. The third-order valence-electron chi connectivity index (χ3n) is 4.18. The second-order valence-electron chi connectivity index (χ2n) is 5.70. The van der Waals surface area contributed by atoms with Crippen molar-refractivity contribution in [2.75, 3.05) is 31.1 Å². The number of rotatable bonds is 4. The summed E-state index contributed by atoms with van der Waals surface area (Å²) in [5, 5.41) is 0. The molecule has 1 aliphatic rings. The zero-order chi connectivity index (χ0) is 16.1. The molecule has 1 fully saturated rings. The van der Waals surface area contributed by atoms with E-state index in [-0.39, 0.29) is 5.91 Å². The Bertz CT molecular complexity index is 654. The van der Waals surface area contributed by atoms with E-state index in [1.165, 1.54) is 11.3 Å². The van der Waals surface area contributed by atoms with Crippen LogP contribution >= 0.6 is 15.9 Å². The van der Waals surface area contributed by atoms with Gasteiger partial charge in [0.2, 0.25) is 5.91 Å². The summed E-state index contributed by atoms with van der Waals surface area (Å²) in [6, 6.07) is 12.2. The lowest BCUT2D eigenvalue weighted by Crippen LogP contribution is -2.48. The summed E-state index contributed by atoms with van der Waals surface area (Å²) in [6.07, 6.45) is 4.99. The highest BCUT2D eigenvalue weighted by molar-refractivity contribution is 9.10. The Morgan fingerprint density at radius 1 is 1.09 bits per heavy atom. The zero-order valence-corrected chi connectivity index (χ0v) is 14.6. The molecule has 0 N–H and O–H groups in total. The molecule has 3 rings (SSSR count). The van der Waals surface area contributed by atoms with E-state index in [1.54, 1.807) is 0 Å². The highest BCUT2D eigenvalue weighted by atomic mass is 79.9. The van der Waals surface area contributed by atoms with Gasteiger partial charge in [-0.2, -0.15) is 0 Å². The zero-order valence-electron chi connectivity index (χ0n) is 13.0. The van der Waals surface area contributed by atoms with Crippen LogP contribution in [0, 0.1) is 0 Å². The molecule has 1 aliphatic heterocycles. The third-order valence-corrected chi connectivity index (χ3v) is 4.67. The molecular weight excluding hydrogens is 354 g/mol. The first-order valence-electron chi connectivity index (χ1n) is 7.89. The van der Waals surface area contributed by atoms with E-state index in [4.69, 9.17) is 0 Å². The number of aromatic nitrogens is 1. The predicted molar refractivity (Wildman–Crippen MR) is 95.5 cm³/mol. The molecular formula is C18H20BrN3O. The molecule has 2 heterocycles. The normalized spacial score (nSPS) is 14.8. The summed E-state index contributed by atoms with van der Waals surface area (Å²) in [5.41, 5.74) is 2.38. The van der Waals surface area contributed by atoms with Crippen LogP contribution in [-0.2, 0) is 11.2 Å². The van der Waals surface area contributed by atoms with E-state index >= 15 is 0 Å². The average molecular weight is 374 g/mol. The van der Waals surface area contributed by atoms with E-state index in [9.17, 15) is 4.79 Å². The highest BCUT2D eigenvalue weighted by Gasteiger charge is 2.20. The monoisotopic (exact) mass is 373 g/mol. The van der Waals surface area contributed by atoms with Crippen molar-refractivity contribution in [1.29, 1.82) is 0 Å². The molecule has 0 saturated carbocycles. The van der Waals surface area contributed by atoms with Gasteiger partial charge in [-0.05, 0) is 36.2 Å². The lowest BCUT2D eigenvalue weighted by molar-refractivity contribution is -0.131. The van der Waals surface area contributed by atoms with Crippen LogP contribution in [0.15, 0.2) is 53.3 Å². The maximum absolute atomic E-state index is 12.4. The number of hydrogen-bond donors (Lipinski definition) is 0. The molecule has 0 aliphatic carbocycles. The summed E-state index contributed by atoms with van der Waals surface area (Å²) in [7, 11) is 0. The van der Waals surface area contributed by atoms with E-state index < -0.39 is 0 Å². The largest absolute Gasteiger partial charge is 0.368 e. The number of anilines is 1. The molecule has 2 aromatic rings. The van der Waals surface area contributed by atoms with E-state index in [0.717, 1.165) is 37.1 Å². The van der Waals surface area contributed by atoms with Gasteiger partial charge in [0.05, 0.1) is 0 Å². The number of carbonyl (C=O) groups is 1. The molecule has 0 bridgehead atoms. The number of aryl methyl sites for hydroxylation is 1. The van der Waals surface area contributed by atoms with Gasteiger partial charge in [0.15, 0.2) is 0 Å². The first-order valence-corrected chi connectivity index (χ1v) is 8.69. The van der Waals surface area contributed by atoms with E-state index in [1.807, 2.05) is 41.6 Å². The van der Waals surface area contributed by atoms with Crippen LogP contribution in [0.3, 0.4) is 0 Å². The molecule has 1 amide bonds. The number of pyridine rings is 1. The van der Waals surface area contributed by atoms with Crippen LogP contribution in [0.25, 0.3) is 0 Å². The molecule has 1 aromatic heterocycles. The molecule has 1 aromatic carbocycles. The van der Waals surface area contributed by atoms with Gasteiger partial charge in [-0.3, -0.25) is 9.78 Å². The summed E-state index contributed by atoms with van der Waals surface area (Å²) >= 11 is 3.47. The SMILES string of the molecule is O=C(CCc1cccc(Br)c1)N1CCN(c2ccncc2)CC1. The quantitative estimate of drug-likeness (QED) is 0.825. The van der Waals surface area contributed by atoms with Crippen LogP contribution in [0.5, 0.6) is 0 Å². The topological polar surface area (TPSA) is 36.4 Å². The van der Waals surface area contributed by atoms with Crippen LogP contribution in [0.4, 0.5) is 5.69 Å². The molecule has 0 spiro atoms. The van der Waals surface area contributed by atoms with Crippen LogP contribution < -0.4 is 4.90 Å². The molecule has 1 saturated heterocycles. The summed E-state index contributed by atoms with van der Waals surface area (Å²) < 4.78 is 1.06. The maximum Gasteiger partial charge on any atom is 0.223 e. The Morgan fingerprint density at radius 3 is 2.52 bits per heavy atom. The van der Waals surface area contributed by atoms with Gasteiger partial charge in [0.25, 0.3) is 0 Å². The molecule has 0 radical (unpaired) electrons. The Morgan fingerprint density at radius 2 is 1.83 bits per heavy atom. The maximum atomic E-state index is 12.4. The molecule has 5 heteroatoms. The van der Waals surface area contributed by atoms with Crippen molar-refractivity contribution in [3.05, 3.63) is 58.8 Å². The van der Waals surface area contributed by atoms with Crippen LogP contribution in [-0.4, -0.2) is 42.0 Å². The summed E-state index contributed by atoms with van der Waals surface area (Å²) in [4.78, 5) is 20.7. The number of hydrogen-bond acceptors (Lipinski definition) is 3. The third kappa shape index (κ3) is 4.32. The fourth-order valence-corrected chi connectivity index (χ4v) is 3.32. The van der Waals surface area contributed by atoms with E-state index in [0.29, 0.717) is 6.42 Å². The lowest BCUT2D eigenvalue weighted by Gasteiger charge is -2.36. The Hall–Kier alpha value is -1.88. The molecule has 0 unspecified atom stereocenters. The minimum atomic E-state index is 0.249. The first kappa shape index (κ1) is 16.0.